The Bertz CT molecular complexity index is 713. The van der Waals surface area contributed by atoms with E-state index in [2.05, 4.69) is 20.9 Å². The van der Waals surface area contributed by atoms with Crippen molar-refractivity contribution in [3.8, 4) is 11.5 Å². The molecule has 1 unspecified atom stereocenters. The number of nitrogens with zero attached hydrogens (tertiary/aromatic N) is 1. The molecule has 0 aliphatic carbocycles. The van der Waals surface area contributed by atoms with Crippen LogP contribution in [0.2, 0.25) is 0 Å². The van der Waals surface area contributed by atoms with E-state index >= 15 is 0 Å². The first-order chi connectivity index (χ1) is 11.0. The van der Waals surface area contributed by atoms with Gasteiger partial charge in [-0.15, -0.1) is 0 Å². The fourth-order valence-corrected chi connectivity index (χ4v) is 2.37. The van der Waals surface area contributed by atoms with Gasteiger partial charge in [0.15, 0.2) is 6.04 Å². The minimum atomic E-state index is -0.733. The van der Waals surface area contributed by atoms with Crippen LogP contribution in [-0.4, -0.2) is 35.5 Å². The van der Waals surface area contributed by atoms with E-state index < -0.39 is 12.0 Å². The molecule has 0 saturated carbocycles. The molecule has 0 radical (unpaired) electrons. The van der Waals surface area contributed by atoms with E-state index in [0.29, 0.717) is 12.0 Å². The quantitative estimate of drug-likeness (QED) is 0.619. The number of hydrogen-bond acceptors (Lipinski definition) is 5. The van der Waals surface area contributed by atoms with Gasteiger partial charge in [0.25, 0.3) is 0 Å². The van der Waals surface area contributed by atoms with Crippen molar-refractivity contribution in [1.82, 2.24) is 0 Å². The Kier molecular flexibility index (Phi) is 5.76. The predicted molar refractivity (Wildman–Crippen MR) is 91.0 cm³/mol. The van der Waals surface area contributed by atoms with Crippen LogP contribution in [0.1, 0.15) is 11.1 Å². The molecule has 0 aliphatic heterocycles. The molecule has 0 aliphatic rings. The van der Waals surface area contributed by atoms with Crippen LogP contribution in [0, 0.1) is 0 Å². The number of phenols is 2. The summed E-state index contributed by atoms with van der Waals surface area (Å²) in [6.45, 7) is 0. The minimum Gasteiger partial charge on any atom is -0.508 e. The number of ether oxygens (including phenoxy) is 1. The van der Waals surface area contributed by atoms with E-state index in [9.17, 15) is 15.0 Å². The van der Waals surface area contributed by atoms with E-state index in [-0.39, 0.29) is 11.5 Å². The molecule has 0 spiro atoms. The second kappa shape index (κ2) is 7.78. The zero-order valence-corrected chi connectivity index (χ0v) is 14.0. The number of aliphatic imine (C=N–C) groups is 1. The Balaban J connectivity index is 2.21. The highest BCUT2D eigenvalue weighted by molar-refractivity contribution is 9.10. The smallest absolute Gasteiger partial charge is 0.330 e. The van der Waals surface area contributed by atoms with Gasteiger partial charge < -0.3 is 14.9 Å². The van der Waals surface area contributed by atoms with Gasteiger partial charge in [-0.3, -0.25) is 4.99 Å². The number of carbonyl (C=O) groups is 1. The van der Waals surface area contributed by atoms with E-state index in [1.54, 1.807) is 42.5 Å². The summed E-state index contributed by atoms with van der Waals surface area (Å²) in [7, 11) is 1.30. The second-order valence-corrected chi connectivity index (χ2v) is 5.81. The van der Waals surface area contributed by atoms with Crippen LogP contribution in [0.3, 0.4) is 0 Å². The van der Waals surface area contributed by atoms with Crippen molar-refractivity contribution < 1.29 is 19.7 Å². The normalized spacial score (nSPS) is 12.3. The van der Waals surface area contributed by atoms with Gasteiger partial charge in [0.2, 0.25) is 0 Å². The third kappa shape index (κ3) is 4.82. The number of phenolic OH excluding ortho intramolecular Hbond substituents is 2. The van der Waals surface area contributed by atoms with Crippen LogP contribution in [0.5, 0.6) is 11.5 Å². The number of methoxy groups -OCH3 is 1. The van der Waals surface area contributed by atoms with Gasteiger partial charge in [-0.1, -0.05) is 28.1 Å². The number of carbonyl (C=O) groups excluding carboxylic acids is 1. The van der Waals surface area contributed by atoms with Gasteiger partial charge in [-0.25, -0.2) is 4.79 Å². The molecule has 2 aromatic rings. The third-order valence-electron chi connectivity index (χ3n) is 3.22. The molecule has 2 rings (SSSR count). The predicted octanol–water partition coefficient (Wildman–Crippen LogP) is 3.06. The highest BCUT2D eigenvalue weighted by Gasteiger charge is 2.18. The minimum absolute atomic E-state index is 0.0743. The number of rotatable bonds is 5. The number of hydrogen-bond donors (Lipinski definition) is 2. The Morgan fingerprint density at radius 1 is 1.26 bits per heavy atom. The Morgan fingerprint density at radius 2 is 1.96 bits per heavy atom. The van der Waals surface area contributed by atoms with Crippen molar-refractivity contribution in [1.29, 1.82) is 0 Å². The van der Waals surface area contributed by atoms with Crippen LogP contribution in [0.25, 0.3) is 0 Å². The van der Waals surface area contributed by atoms with Crippen molar-refractivity contribution in [3.05, 3.63) is 58.1 Å². The second-order valence-electron chi connectivity index (χ2n) is 4.89. The summed E-state index contributed by atoms with van der Waals surface area (Å²) in [5.41, 5.74) is 1.34. The Morgan fingerprint density at radius 3 is 2.61 bits per heavy atom. The van der Waals surface area contributed by atoms with Gasteiger partial charge in [0, 0.05) is 22.7 Å². The topological polar surface area (TPSA) is 79.1 Å². The molecule has 23 heavy (non-hydrogen) atoms. The molecule has 6 heteroatoms. The summed E-state index contributed by atoms with van der Waals surface area (Å²) >= 11 is 3.32. The highest BCUT2D eigenvalue weighted by atomic mass is 79.9. The van der Waals surface area contributed by atoms with Crippen LogP contribution in [0.15, 0.2) is 51.9 Å². The number of esters is 1. The average Bonchev–Trinajstić information content (AvgIpc) is 2.55. The van der Waals surface area contributed by atoms with E-state index in [1.807, 2.05) is 0 Å². The van der Waals surface area contributed by atoms with Gasteiger partial charge in [-0.2, -0.15) is 0 Å². The van der Waals surface area contributed by atoms with Gasteiger partial charge >= 0.3 is 5.97 Å². The van der Waals surface area contributed by atoms with Gasteiger partial charge in [0.05, 0.1) is 7.11 Å². The molecule has 2 N–H and O–H groups in total. The molecular weight excluding hydrogens is 362 g/mol. The first-order valence-corrected chi connectivity index (χ1v) is 7.66. The lowest BCUT2D eigenvalue weighted by atomic mass is 10.1. The number of halogens is 1. The maximum atomic E-state index is 11.9. The maximum absolute atomic E-state index is 11.9. The van der Waals surface area contributed by atoms with Crippen LogP contribution in [0.4, 0.5) is 0 Å². The zero-order valence-electron chi connectivity index (χ0n) is 12.4. The van der Waals surface area contributed by atoms with Gasteiger partial charge in [0.1, 0.15) is 11.5 Å². The Labute approximate surface area is 142 Å². The lowest BCUT2D eigenvalue weighted by Gasteiger charge is -2.10. The monoisotopic (exact) mass is 377 g/mol. The van der Waals surface area contributed by atoms with Crippen molar-refractivity contribution in [2.45, 2.75) is 12.5 Å². The van der Waals surface area contributed by atoms with E-state index in [0.717, 1.165) is 10.0 Å². The molecule has 0 aromatic heterocycles. The van der Waals surface area contributed by atoms with Crippen LogP contribution in [-0.2, 0) is 16.0 Å². The van der Waals surface area contributed by atoms with E-state index in [4.69, 9.17) is 4.74 Å². The lowest BCUT2D eigenvalue weighted by molar-refractivity contribution is -0.142. The molecule has 0 heterocycles. The fraction of sp³-hybridized carbons (Fsp3) is 0.176. The van der Waals surface area contributed by atoms with Crippen LogP contribution < -0.4 is 0 Å². The molecule has 0 bridgehead atoms. The first kappa shape index (κ1) is 17.0. The zero-order chi connectivity index (χ0) is 16.8. The molecule has 120 valence electrons. The molecule has 1 atom stereocenters. The fourth-order valence-electron chi connectivity index (χ4n) is 1.99. The first-order valence-electron chi connectivity index (χ1n) is 6.87. The third-order valence-corrected chi connectivity index (χ3v) is 3.72. The molecule has 5 nitrogen and oxygen atoms in total. The summed E-state index contributed by atoms with van der Waals surface area (Å²) in [6, 6.07) is 10.8. The molecule has 0 amide bonds. The molecule has 0 saturated heterocycles. The van der Waals surface area contributed by atoms with Crippen LogP contribution >= 0.6 is 15.9 Å². The lowest BCUT2D eigenvalue weighted by Crippen LogP contribution is -2.23. The summed E-state index contributed by atoms with van der Waals surface area (Å²) in [6.07, 6.45) is 1.78. The SMILES string of the molecule is COC(=O)C(Cc1ccc(O)cc1)N=Cc1cc(Br)ccc1O. The van der Waals surface area contributed by atoms with Gasteiger partial charge in [-0.05, 0) is 35.9 Å². The summed E-state index contributed by atoms with van der Waals surface area (Å²) in [5.74, 6) is -0.236. The van der Waals surface area contributed by atoms with E-state index in [1.165, 1.54) is 13.3 Å². The van der Waals surface area contributed by atoms with Crippen molar-refractivity contribution in [2.24, 2.45) is 4.99 Å². The molecule has 0 fully saturated rings. The standard InChI is InChI=1S/C17H16BrNO4/c1-23-17(22)15(8-11-2-5-14(20)6-3-11)19-10-12-9-13(18)4-7-16(12)21/h2-7,9-10,15,20-21H,8H2,1H3. The summed E-state index contributed by atoms with van der Waals surface area (Å²) in [4.78, 5) is 16.1. The largest absolute Gasteiger partial charge is 0.508 e. The van der Waals surface area contributed by atoms with Crippen molar-refractivity contribution in [2.75, 3.05) is 7.11 Å². The van der Waals surface area contributed by atoms with Crippen molar-refractivity contribution in [3.63, 3.8) is 0 Å². The summed E-state index contributed by atoms with van der Waals surface area (Å²) in [5, 5.41) is 19.1. The molecular formula is C17H16BrNO4. The highest BCUT2D eigenvalue weighted by Crippen LogP contribution is 2.20. The maximum Gasteiger partial charge on any atom is 0.330 e. The average molecular weight is 378 g/mol. The summed E-state index contributed by atoms with van der Waals surface area (Å²) < 4.78 is 5.57. The molecule has 2 aromatic carbocycles. The number of aromatic hydroxyl groups is 2. The Hall–Kier alpha value is -2.34. The number of benzene rings is 2. The van der Waals surface area contributed by atoms with Crippen molar-refractivity contribution >= 4 is 28.1 Å².